The minimum Gasteiger partial charge on any atom is -0.377 e. The van der Waals surface area contributed by atoms with Crippen LogP contribution in [0.25, 0.3) is 0 Å². The lowest BCUT2D eigenvalue weighted by Gasteiger charge is -2.43. The molecule has 1 aliphatic rings. The van der Waals surface area contributed by atoms with Gasteiger partial charge in [-0.05, 0) is 40.2 Å². The summed E-state index contributed by atoms with van der Waals surface area (Å²) in [6, 6.07) is 0.123. The molecule has 0 aromatic carbocycles. The molecule has 0 saturated carbocycles. The predicted octanol–water partition coefficient (Wildman–Crippen LogP) is 1.07. The zero-order valence-electron chi connectivity index (χ0n) is 13.5. The molecule has 2 N–H and O–H groups in total. The van der Waals surface area contributed by atoms with Crippen LogP contribution in [0, 0.1) is 0 Å². The van der Waals surface area contributed by atoms with Gasteiger partial charge in [0, 0.05) is 45.8 Å². The first-order chi connectivity index (χ1) is 9.49. The summed E-state index contributed by atoms with van der Waals surface area (Å²) in [5.74, 6) is 0.204. The number of hydrogen-bond donors (Lipinski definition) is 1. The molecule has 0 aliphatic carbocycles. The smallest absolute Gasteiger partial charge is 0.224 e. The van der Waals surface area contributed by atoms with Crippen LogP contribution in [0.4, 0.5) is 0 Å². The molecule has 5 nitrogen and oxygen atoms in total. The van der Waals surface area contributed by atoms with Crippen molar-refractivity contribution < 1.29 is 9.53 Å². The van der Waals surface area contributed by atoms with Gasteiger partial charge in [-0.15, -0.1) is 0 Å². The maximum atomic E-state index is 12.3. The van der Waals surface area contributed by atoms with E-state index < -0.39 is 0 Å². The highest BCUT2D eigenvalue weighted by Crippen LogP contribution is 2.25. The molecule has 20 heavy (non-hydrogen) atoms. The van der Waals surface area contributed by atoms with Gasteiger partial charge in [0.05, 0.1) is 5.60 Å². The number of nitrogens with zero attached hydrogens (tertiary/aromatic N) is 2. The van der Waals surface area contributed by atoms with Crippen LogP contribution in [0.1, 0.15) is 40.0 Å². The predicted molar refractivity (Wildman–Crippen MR) is 81.6 cm³/mol. The van der Waals surface area contributed by atoms with E-state index in [9.17, 15) is 4.79 Å². The third-order valence-corrected chi connectivity index (χ3v) is 4.50. The van der Waals surface area contributed by atoms with Crippen LogP contribution in [0.15, 0.2) is 0 Å². The Bertz CT molecular complexity index is 307. The molecule has 1 heterocycles. The maximum Gasteiger partial charge on any atom is 0.224 e. The second kappa shape index (κ2) is 7.96. The Morgan fingerprint density at radius 3 is 2.60 bits per heavy atom. The van der Waals surface area contributed by atoms with Crippen LogP contribution in [-0.4, -0.2) is 67.2 Å². The number of carbonyl (C=O) groups excluding carboxylic acids is 1. The second-order valence-electron chi connectivity index (χ2n) is 5.89. The summed E-state index contributed by atoms with van der Waals surface area (Å²) in [7, 11) is 1.77. The van der Waals surface area contributed by atoms with E-state index in [4.69, 9.17) is 10.5 Å². The van der Waals surface area contributed by atoms with E-state index in [-0.39, 0.29) is 17.6 Å². The quantitative estimate of drug-likeness (QED) is 0.760. The molecule has 0 bridgehead atoms. The summed E-state index contributed by atoms with van der Waals surface area (Å²) in [4.78, 5) is 16.5. The zero-order valence-corrected chi connectivity index (χ0v) is 13.5. The van der Waals surface area contributed by atoms with Crippen molar-refractivity contribution >= 4 is 5.91 Å². The monoisotopic (exact) mass is 285 g/mol. The van der Waals surface area contributed by atoms with E-state index in [0.717, 1.165) is 39.0 Å². The Kier molecular flexibility index (Phi) is 6.92. The van der Waals surface area contributed by atoms with Crippen LogP contribution in [0.5, 0.6) is 0 Å². The van der Waals surface area contributed by atoms with Gasteiger partial charge in [0.15, 0.2) is 0 Å². The molecule has 1 fully saturated rings. The van der Waals surface area contributed by atoms with E-state index in [2.05, 4.69) is 11.8 Å². The molecule has 0 spiro atoms. The van der Waals surface area contributed by atoms with Gasteiger partial charge < -0.3 is 15.4 Å². The molecule has 118 valence electrons. The first kappa shape index (κ1) is 17.4. The van der Waals surface area contributed by atoms with E-state index in [1.807, 2.05) is 18.7 Å². The van der Waals surface area contributed by atoms with E-state index in [1.54, 1.807) is 7.11 Å². The highest BCUT2D eigenvalue weighted by atomic mass is 16.5. The van der Waals surface area contributed by atoms with Gasteiger partial charge in [-0.1, -0.05) is 0 Å². The topological polar surface area (TPSA) is 58.8 Å². The molecule has 5 heteroatoms. The summed E-state index contributed by atoms with van der Waals surface area (Å²) >= 11 is 0. The number of ether oxygens (including phenoxy) is 1. The average Bonchev–Trinajstić information content (AvgIpc) is 2.46. The number of piperidine rings is 1. The van der Waals surface area contributed by atoms with Gasteiger partial charge in [0.1, 0.15) is 0 Å². The number of amides is 1. The molecule has 0 radical (unpaired) electrons. The van der Waals surface area contributed by atoms with Crippen molar-refractivity contribution in [3.8, 4) is 0 Å². The molecule has 0 aromatic rings. The van der Waals surface area contributed by atoms with E-state index >= 15 is 0 Å². The minimum atomic E-state index is -0.107. The van der Waals surface area contributed by atoms with Crippen molar-refractivity contribution in [3.05, 3.63) is 0 Å². The van der Waals surface area contributed by atoms with Crippen LogP contribution >= 0.6 is 0 Å². The van der Waals surface area contributed by atoms with E-state index in [0.29, 0.717) is 13.0 Å². The summed E-state index contributed by atoms with van der Waals surface area (Å²) in [6.07, 6.45) is 2.68. The standard InChI is InChI=1S/C15H31N3O2/c1-5-17(6-2)14(19)10-13(11-16)18-9-7-8-15(3,12-18)20-4/h13H,5-12,16H2,1-4H3. The van der Waals surface area contributed by atoms with Crippen LogP contribution in [0.3, 0.4) is 0 Å². The SMILES string of the molecule is CCN(CC)C(=O)CC(CN)N1CCCC(C)(OC)C1. The Hall–Kier alpha value is -0.650. The first-order valence-corrected chi connectivity index (χ1v) is 7.76. The molecule has 1 rings (SSSR count). The third-order valence-electron chi connectivity index (χ3n) is 4.50. The Morgan fingerprint density at radius 2 is 2.10 bits per heavy atom. The number of methoxy groups -OCH3 is 1. The maximum absolute atomic E-state index is 12.3. The molecule has 1 amide bonds. The summed E-state index contributed by atoms with van der Waals surface area (Å²) in [6.45, 7) is 10.1. The van der Waals surface area contributed by atoms with Gasteiger partial charge in [-0.3, -0.25) is 9.69 Å². The average molecular weight is 285 g/mol. The van der Waals surface area contributed by atoms with Gasteiger partial charge in [-0.25, -0.2) is 0 Å². The molecular formula is C15H31N3O2. The van der Waals surface area contributed by atoms with Crippen molar-refractivity contribution in [3.63, 3.8) is 0 Å². The highest BCUT2D eigenvalue weighted by Gasteiger charge is 2.34. The molecular weight excluding hydrogens is 254 g/mol. The van der Waals surface area contributed by atoms with Gasteiger partial charge in [0.25, 0.3) is 0 Å². The lowest BCUT2D eigenvalue weighted by atomic mass is 9.93. The number of nitrogens with two attached hydrogens (primary N) is 1. The van der Waals surface area contributed by atoms with E-state index in [1.165, 1.54) is 0 Å². The lowest BCUT2D eigenvalue weighted by molar-refractivity contribution is -0.133. The van der Waals surface area contributed by atoms with Gasteiger partial charge >= 0.3 is 0 Å². The van der Waals surface area contributed by atoms with Crippen molar-refractivity contribution in [1.29, 1.82) is 0 Å². The minimum absolute atomic E-state index is 0.107. The first-order valence-electron chi connectivity index (χ1n) is 7.76. The molecule has 1 aliphatic heterocycles. The molecule has 1 saturated heterocycles. The second-order valence-corrected chi connectivity index (χ2v) is 5.89. The van der Waals surface area contributed by atoms with Crippen LogP contribution in [-0.2, 0) is 9.53 Å². The summed E-state index contributed by atoms with van der Waals surface area (Å²) in [5, 5.41) is 0. The number of carbonyl (C=O) groups is 1. The molecule has 2 unspecified atom stereocenters. The number of likely N-dealkylation sites (tertiary alicyclic amines) is 1. The Morgan fingerprint density at radius 1 is 1.45 bits per heavy atom. The van der Waals surface area contributed by atoms with Crippen LogP contribution < -0.4 is 5.73 Å². The van der Waals surface area contributed by atoms with Crippen molar-refractivity contribution in [2.75, 3.05) is 39.8 Å². The Balaban J connectivity index is 2.63. The van der Waals surface area contributed by atoms with Gasteiger partial charge in [-0.2, -0.15) is 0 Å². The van der Waals surface area contributed by atoms with Crippen molar-refractivity contribution in [2.45, 2.75) is 51.7 Å². The molecule has 2 atom stereocenters. The van der Waals surface area contributed by atoms with Gasteiger partial charge in [0.2, 0.25) is 5.91 Å². The van der Waals surface area contributed by atoms with Crippen LogP contribution in [0.2, 0.25) is 0 Å². The lowest BCUT2D eigenvalue weighted by Crippen LogP contribution is -2.54. The highest BCUT2D eigenvalue weighted by molar-refractivity contribution is 5.76. The zero-order chi connectivity index (χ0) is 15.2. The largest absolute Gasteiger partial charge is 0.377 e. The number of hydrogen-bond acceptors (Lipinski definition) is 4. The fourth-order valence-corrected chi connectivity index (χ4v) is 2.99. The van der Waals surface area contributed by atoms with Crippen molar-refractivity contribution in [1.82, 2.24) is 9.80 Å². The fraction of sp³-hybridized carbons (Fsp3) is 0.933. The number of rotatable bonds is 7. The summed E-state index contributed by atoms with van der Waals surface area (Å²) < 4.78 is 5.62. The normalized spacial score (nSPS) is 25.4. The third kappa shape index (κ3) is 4.43. The fourth-order valence-electron chi connectivity index (χ4n) is 2.99. The Labute approximate surface area is 123 Å². The molecule has 0 aromatic heterocycles. The van der Waals surface area contributed by atoms with Crippen molar-refractivity contribution in [2.24, 2.45) is 5.73 Å². The summed E-state index contributed by atoms with van der Waals surface area (Å²) in [5.41, 5.74) is 5.80.